The van der Waals surface area contributed by atoms with Crippen LogP contribution in [0.2, 0.25) is 0 Å². The van der Waals surface area contributed by atoms with Crippen LogP contribution in [-0.2, 0) is 33.2 Å². The second-order valence-electron chi connectivity index (χ2n) is 22.1. The number of carbonyl (C=O) groups is 1. The van der Waals surface area contributed by atoms with Crippen molar-refractivity contribution in [3.05, 3.63) is 72.9 Å². The van der Waals surface area contributed by atoms with E-state index in [0.717, 1.165) is 83.5 Å². The second kappa shape index (κ2) is 45.5. The zero-order valence-electron chi connectivity index (χ0n) is 49.4. The number of aliphatic hydroxyl groups excluding tert-OH is 11. The van der Waals surface area contributed by atoms with Crippen molar-refractivity contribution in [2.45, 2.75) is 291 Å². The molecule has 0 spiro atoms. The Balaban J connectivity index is 1.28. The number of hydrogen-bond acceptors (Lipinski definition) is 18. The van der Waals surface area contributed by atoms with Crippen molar-refractivity contribution in [2.75, 3.05) is 26.4 Å². The van der Waals surface area contributed by atoms with E-state index in [4.69, 9.17) is 28.4 Å². The van der Waals surface area contributed by atoms with Gasteiger partial charge in [0.25, 0.3) is 0 Å². The van der Waals surface area contributed by atoms with Crippen LogP contribution in [-0.4, -0.2) is 193 Å². The van der Waals surface area contributed by atoms with E-state index in [1.807, 2.05) is 0 Å². The number of unbranched alkanes of at least 4 members (excludes halogenated alkanes) is 17. The molecule has 3 aliphatic heterocycles. The second-order valence-corrected chi connectivity index (χ2v) is 22.1. The molecule has 3 saturated heterocycles. The molecule has 0 aromatic carbocycles. The monoisotopic (exact) mass is 1170 g/mol. The molecular weight excluding hydrogens is 1060 g/mol. The molecule has 0 aromatic rings. The lowest BCUT2D eigenvalue weighted by atomic mass is 9.96. The summed E-state index contributed by atoms with van der Waals surface area (Å²) in [6.45, 7) is 1.51. The maximum Gasteiger partial charge on any atom is 0.220 e. The van der Waals surface area contributed by atoms with Crippen LogP contribution in [0.3, 0.4) is 0 Å². The number of carbonyl (C=O) groups excluding carboxylic acids is 1. The van der Waals surface area contributed by atoms with Crippen molar-refractivity contribution in [1.82, 2.24) is 5.32 Å². The van der Waals surface area contributed by atoms with Gasteiger partial charge in [-0.25, -0.2) is 0 Å². The number of aliphatic hydroxyl groups is 11. The predicted molar refractivity (Wildman–Crippen MR) is 314 cm³/mol. The zero-order chi connectivity index (χ0) is 59.7. The Kier molecular flexibility index (Phi) is 40.8. The summed E-state index contributed by atoms with van der Waals surface area (Å²) in [5.74, 6) is -0.256. The van der Waals surface area contributed by atoms with Crippen molar-refractivity contribution in [1.29, 1.82) is 0 Å². The van der Waals surface area contributed by atoms with Gasteiger partial charge < -0.3 is 89.9 Å². The molecule has 0 bridgehead atoms. The van der Waals surface area contributed by atoms with Crippen LogP contribution in [0, 0.1) is 0 Å². The fourth-order valence-electron chi connectivity index (χ4n) is 10.2. The standard InChI is InChI=1S/C63H109NO18/c1-3-5-7-9-10-11-12-13-14-15-16-17-18-19-20-21-22-23-24-25-26-27-28-29-30-31-32-33-34-35-36-37-39-41-51(69)64-46(47(68)40-38-8-6-4-2)45-77-61-57(75)54(72)59(49(43-66)79-61)82-63-58(76)55(73)60(50(44-67)80-63)81-62-56(74)53(71)52(70)48(42-65)78-62/h5,7,10-11,13-14,16-17,19-20,22-23,46-50,52-63,65-68,70-76H,3-4,6,8-9,12,15,18,21,24-45H2,1-2H3,(H,64,69)/b7-5-,11-10-,14-13-,17-16-,20-19-,23-22-. The average molecular weight is 1170 g/mol. The molecule has 0 radical (unpaired) electrons. The topological polar surface area (TPSA) is 307 Å². The fourth-order valence-corrected chi connectivity index (χ4v) is 10.2. The Morgan fingerprint density at radius 3 is 1.30 bits per heavy atom. The molecule has 0 aromatic heterocycles. The third kappa shape index (κ3) is 28.6. The Bertz CT molecular complexity index is 1780. The van der Waals surface area contributed by atoms with Gasteiger partial charge in [-0.1, -0.05) is 189 Å². The third-order valence-corrected chi connectivity index (χ3v) is 15.3. The average Bonchev–Trinajstić information content (AvgIpc) is 3.49. The normalized spacial score (nSPS) is 30.1. The van der Waals surface area contributed by atoms with E-state index in [1.165, 1.54) is 64.2 Å². The summed E-state index contributed by atoms with van der Waals surface area (Å²) in [6.07, 6.45) is 28.2. The highest BCUT2D eigenvalue weighted by Crippen LogP contribution is 2.33. The van der Waals surface area contributed by atoms with Gasteiger partial charge in [0.15, 0.2) is 18.9 Å². The van der Waals surface area contributed by atoms with Crippen molar-refractivity contribution >= 4 is 5.91 Å². The molecule has 19 heteroatoms. The summed E-state index contributed by atoms with van der Waals surface area (Å²) in [5, 5.41) is 119. The van der Waals surface area contributed by atoms with Crippen LogP contribution in [0.5, 0.6) is 0 Å². The van der Waals surface area contributed by atoms with Crippen molar-refractivity contribution in [3.8, 4) is 0 Å². The van der Waals surface area contributed by atoms with E-state index in [1.54, 1.807) is 0 Å². The van der Waals surface area contributed by atoms with Gasteiger partial charge >= 0.3 is 0 Å². The molecule has 82 heavy (non-hydrogen) atoms. The van der Waals surface area contributed by atoms with Gasteiger partial charge in [-0.2, -0.15) is 0 Å². The summed E-state index contributed by atoms with van der Waals surface area (Å²) in [5.41, 5.74) is 0. The summed E-state index contributed by atoms with van der Waals surface area (Å²) >= 11 is 0. The molecule has 17 unspecified atom stereocenters. The Morgan fingerprint density at radius 2 is 0.841 bits per heavy atom. The predicted octanol–water partition coefficient (Wildman–Crippen LogP) is 6.21. The van der Waals surface area contributed by atoms with Crippen LogP contribution < -0.4 is 5.32 Å². The molecule has 19 nitrogen and oxygen atoms in total. The summed E-state index contributed by atoms with van der Waals surface area (Å²) in [6, 6.07) is -0.886. The molecule has 0 saturated carbocycles. The lowest BCUT2D eigenvalue weighted by Gasteiger charge is -2.48. The van der Waals surface area contributed by atoms with E-state index in [9.17, 15) is 61.0 Å². The molecule has 3 heterocycles. The minimum absolute atomic E-state index is 0.256. The Labute approximate surface area is 489 Å². The molecule has 0 aliphatic carbocycles. The first kappa shape index (κ1) is 73.5. The van der Waals surface area contributed by atoms with E-state index in [-0.39, 0.29) is 18.9 Å². The number of ether oxygens (including phenoxy) is 6. The molecule has 3 aliphatic rings. The first-order valence-corrected chi connectivity index (χ1v) is 31.2. The maximum absolute atomic E-state index is 13.2. The molecule has 17 atom stereocenters. The zero-order valence-corrected chi connectivity index (χ0v) is 49.4. The quantitative estimate of drug-likeness (QED) is 0.0238. The number of hydrogen-bond donors (Lipinski definition) is 12. The highest BCUT2D eigenvalue weighted by atomic mass is 16.8. The minimum atomic E-state index is -1.97. The smallest absolute Gasteiger partial charge is 0.220 e. The lowest BCUT2D eigenvalue weighted by Crippen LogP contribution is -2.66. The van der Waals surface area contributed by atoms with Gasteiger partial charge in [-0.05, 0) is 64.2 Å². The SMILES string of the molecule is CC/C=C\C/C=C\C/C=C\C/C=C\C/C=C\C/C=C\CCCCCCCCCCCCCCCCC(=O)NC(COC1OC(CO)C(OC2OC(CO)C(OC3OC(CO)C(O)C(O)C3O)C(O)C2O)C(O)C1O)C(O)CCCCCC. The van der Waals surface area contributed by atoms with Crippen LogP contribution in [0.25, 0.3) is 0 Å². The lowest BCUT2D eigenvalue weighted by molar-refractivity contribution is -0.379. The molecule has 3 rings (SSSR count). The van der Waals surface area contributed by atoms with Crippen molar-refractivity contribution in [2.24, 2.45) is 0 Å². The summed E-state index contributed by atoms with van der Waals surface area (Å²) in [7, 11) is 0. The third-order valence-electron chi connectivity index (χ3n) is 15.3. The van der Waals surface area contributed by atoms with E-state index in [2.05, 4.69) is 92.1 Å². The number of allylic oxidation sites excluding steroid dienone is 12. The molecular formula is C63H109NO18. The fraction of sp³-hybridized carbons (Fsp3) is 0.794. The van der Waals surface area contributed by atoms with Crippen LogP contribution in [0.1, 0.15) is 187 Å². The largest absolute Gasteiger partial charge is 0.394 e. The minimum Gasteiger partial charge on any atom is -0.394 e. The van der Waals surface area contributed by atoms with Gasteiger partial charge in [-0.3, -0.25) is 4.79 Å². The van der Waals surface area contributed by atoms with Crippen LogP contribution in [0.4, 0.5) is 0 Å². The number of rotatable bonds is 45. The van der Waals surface area contributed by atoms with Gasteiger partial charge in [0.05, 0.1) is 38.6 Å². The first-order valence-electron chi connectivity index (χ1n) is 31.2. The summed E-state index contributed by atoms with van der Waals surface area (Å²) in [4.78, 5) is 13.2. The maximum atomic E-state index is 13.2. The van der Waals surface area contributed by atoms with Crippen LogP contribution in [0.15, 0.2) is 72.9 Å². The molecule has 3 fully saturated rings. The van der Waals surface area contributed by atoms with Gasteiger partial charge in [0.1, 0.15) is 73.2 Å². The highest BCUT2D eigenvalue weighted by Gasteiger charge is 2.53. The Morgan fingerprint density at radius 1 is 0.451 bits per heavy atom. The van der Waals surface area contributed by atoms with Crippen molar-refractivity contribution < 1.29 is 89.4 Å². The number of nitrogens with one attached hydrogen (secondary N) is 1. The summed E-state index contributed by atoms with van der Waals surface area (Å²) < 4.78 is 34.1. The number of amides is 1. The van der Waals surface area contributed by atoms with Gasteiger partial charge in [0.2, 0.25) is 5.91 Å². The van der Waals surface area contributed by atoms with Crippen LogP contribution >= 0.6 is 0 Å². The van der Waals surface area contributed by atoms with Gasteiger partial charge in [-0.15, -0.1) is 0 Å². The van der Waals surface area contributed by atoms with E-state index in [0.29, 0.717) is 19.3 Å². The van der Waals surface area contributed by atoms with E-state index >= 15 is 0 Å². The molecule has 1 amide bonds. The van der Waals surface area contributed by atoms with E-state index < -0.39 is 124 Å². The van der Waals surface area contributed by atoms with Gasteiger partial charge in [0, 0.05) is 6.42 Å². The first-order chi connectivity index (χ1) is 39.8. The molecule has 474 valence electrons. The highest BCUT2D eigenvalue weighted by molar-refractivity contribution is 5.76. The molecule has 12 N–H and O–H groups in total. The Hall–Kier alpha value is -2.77. The van der Waals surface area contributed by atoms with Crippen molar-refractivity contribution in [3.63, 3.8) is 0 Å².